The van der Waals surface area contributed by atoms with Crippen molar-refractivity contribution >= 4 is 29.9 Å². The summed E-state index contributed by atoms with van der Waals surface area (Å²) in [6, 6.07) is 0. The lowest BCUT2D eigenvalue weighted by molar-refractivity contribution is 0.492. The number of likely N-dealkylation sites (tertiary alicyclic amines) is 1. The van der Waals surface area contributed by atoms with Crippen LogP contribution in [0.3, 0.4) is 0 Å². The smallest absolute Gasteiger partial charge is 0.193 e. The summed E-state index contributed by atoms with van der Waals surface area (Å²) in [5.74, 6) is 2.20. The standard InChI is InChI=1S/C15H27N5.HI/c1-3-16-15(20-11-6-7-12-20)18-8-4-5-10-19-13-9-17-14(19)2;/h9,13H,3-8,10-12H2,1-2H3,(H,16,18);1H. The van der Waals surface area contributed by atoms with Crippen LogP contribution < -0.4 is 5.32 Å². The van der Waals surface area contributed by atoms with Crippen LogP contribution in [0.4, 0.5) is 0 Å². The number of nitrogens with one attached hydrogen (secondary N) is 1. The van der Waals surface area contributed by atoms with Crippen molar-refractivity contribution in [1.82, 2.24) is 19.8 Å². The Bertz CT molecular complexity index is 423. The summed E-state index contributed by atoms with van der Waals surface area (Å²) in [5, 5.41) is 3.40. The van der Waals surface area contributed by atoms with E-state index in [4.69, 9.17) is 4.99 Å². The molecule has 1 aromatic heterocycles. The second-order valence-electron chi connectivity index (χ2n) is 5.30. The summed E-state index contributed by atoms with van der Waals surface area (Å²) in [7, 11) is 0. The van der Waals surface area contributed by atoms with Crippen molar-refractivity contribution in [2.45, 2.75) is 46.1 Å². The molecule has 0 aliphatic carbocycles. The normalized spacial score (nSPS) is 15.1. The van der Waals surface area contributed by atoms with E-state index in [2.05, 4.69) is 33.6 Å². The van der Waals surface area contributed by atoms with Gasteiger partial charge in [-0.2, -0.15) is 0 Å². The molecule has 0 saturated carbocycles. The van der Waals surface area contributed by atoms with E-state index in [0.717, 1.165) is 57.3 Å². The maximum Gasteiger partial charge on any atom is 0.193 e. The molecule has 0 atom stereocenters. The fraction of sp³-hybridized carbons (Fsp3) is 0.733. The van der Waals surface area contributed by atoms with Gasteiger partial charge in [0, 0.05) is 45.1 Å². The monoisotopic (exact) mass is 405 g/mol. The topological polar surface area (TPSA) is 45.5 Å². The molecular formula is C15H28IN5. The summed E-state index contributed by atoms with van der Waals surface area (Å²) in [5.41, 5.74) is 0. The van der Waals surface area contributed by atoms with Crippen molar-refractivity contribution in [2.75, 3.05) is 26.2 Å². The van der Waals surface area contributed by atoms with E-state index in [-0.39, 0.29) is 24.0 Å². The summed E-state index contributed by atoms with van der Waals surface area (Å²) in [6.45, 7) is 9.39. The average molecular weight is 405 g/mol. The Morgan fingerprint density at radius 2 is 2.10 bits per heavy atom. The number of hydrogen-bond donors (Lipinski definition) is 1. The molecule has 0 spiro atoms. The van der Waals surface area contributed by atoms with Crippen LogP contribution >= 0.6 is 24.0 Å². The molecule has 0 amide bonds. The lowest BCUT2D eigenvalue weighted by Gasteiger charge is -2.20. The van der Waals surface area contributed by atoms with Crippen LogP contribution in [0.15, 0.2) is 17.4 Å². The number of hydrogen-bond acceptors (Lipinski definition) is 2. The van der Waals surface area contributed by atoms with Gasteiger partial charge in [0.05, 0.1) is 0 Å². The second-order valence-corrected chi connectivity index (χ2v) is 5.30. The summed E-state index contributed by atoms with van der Waals surface area (Å²) in [6.07, 6.45) is 8.78. The van der Waals surface area contributed by atoms with E-state index in [1.165, 1.54) is 12.8 Å². The molecule has 6 heteroatoms. The molecular weight excluding hydrogens is 377 g/mol. The molecule has 2 rings (SSSR count). The number of aromatic nitrogens is 2. The molecule has 5 nitrogen and oxygen atoms in total. The quantitative estimate of drug-likeness (QED) is 0.343. The van der Waals surface area contributed by atoms with Crippen LogP contribution in [0.25, 0.3) is 0 Å². The van der Waals surface area contributed by atoms with Crippen LogP contribution in [0, 0.1) is 6.92 Å². The highest BCUT2D eigenvalue weighted by Gasteiger charge is 2.14. The predicted molar refractivity (Wildman–Crippen MR) is 98.4 cm³/mol. The molecule has 120 valence electrons. The van der Waals surface area contributed by atoms with Crippen LogP contribution in [-0.4, -0.2) is 46.6 Å². The van der Waals surface area contributed by atoms with E-state index in [9.17, 15) is 0 Å². The zero-order valence-corrected chi connectivity index (χ0v) is 15.5. The molecule has 1 aromatic rings. The third-order valence-corrected chi connectivity index (χ3v) is 3.73. The summed E-state index contributed by atoms with van der Waals surface area (Å²) < 4.78 is 2.20. The van der Waals surface area contributed by atoms with Gasteiger partial charge in [-0.05, 0) is 39.5 Å². The number of aryl methyl sites for hydroxylation is 2. The number of nitrogens with zero attached hydrogens (tertiary/aromatic N) is 4. The average Bonchev–Trinajstić information content (AvgIpc) is 3.09. The highest BCUT2D eigenvalue weighted by molar-refractivity contribution is 14.0. The van der Waals surface area contributed by atoms with Gasteiger partial charge in [0.15, 0.2) is 5.96 Å². The minimum atomic E-state index is 0. The number of guanidine groups is 1. The van der Waals surface area contributed by atoms with Crippen LogP contribution in [0.5, 0.6) is 0 Å². The molecule has 1 aliphatic rings. The van der Waals surface area contributed by atoms with Crippen molar-refractivity contribution < 1.29 is 0 Å². The lowest BCUT2D eigenvalue weighted by Crippen LogP contribution is -2.39. The van der Waals surface area contributed by atoms with Crippen molar-refractivity contribution in [3.8, 4) is 0 Å². The first kappa shape index (κ1) is 18.3. The van der Waals surface area contributed by atoms with E-state index >= 15 is 0 Å². The van der Waals surface area contributed by atoms with Crippen molar-refractivity contribution in [3.63, 3.8) is 0 Å². The van der Waals surface area contributed by atoms with Gasteiger partial charge >= 0.3 is 0 Å². The van der Waals surface area contributed by atoms with Gasteiger partial charge < -0.3 is 14.8 Å². The molecule has 0 bridgehead atoms. The van der Waals surface area contributed by atoms with Crippen molar-refractivity contribution in [2.24, 2.45) is 4.99 Å². The molecule has 0 aromatic carbocycles. The first-order valence-corrected chi connectivity index (χ1v) is 7.82. The van der Waals surface area contributed by atoms with Gasteiger partial charge in [-0.15, -0.1) is 24.0 Å². The number of imidazole rings is 1. The van der Waals surface area contributed by atoms with Crippen LogP contribution in [0.2, 0.25) is 0 Å². The molecule has 0 radical (unpaired) electrons. The van der Waals surface area contributed by atoms with Crippen molar-refractivity contribution in [3.05, 3.63) is 18.2 Å². The predicted octanol–water partition coefficient (Wildman–Crippen LogP) is 2.65. The highest BCUT2D eigenvalue weighted by Crippen LogP contribution is 2.07. The third kappa shape index (κ3) is 5.84. The minimum Gasteiger partial charge on any atom is -0.357 e. The number of halogens is 1. The fourth-order valence-electron chi connectivity index (χ4n) is 2.57. The Kier molecular flexibility index (Phi) is 8.72. The molecule has 0 unspecified atom stereocenters. The van der Waals surface area contributed by atoms with E-state index in [1.807, 2.05) is 12.4 Å². The Balaban J connectivity index is 0.00000220. The van der Waals surface area contributed by atoms with Gasteiger partial charge in [-0.3, -0.25) is 4.99 Å². The molecule has 21 heavy (non-hydrogen) atoms. The minimum absolute atomic E-state index is 0. The largest absolute Gasteiger partial charge is 0.357 e. The Morgan fingerprint density at radius 1 is 1.33 bits per heavy atom. The SMILES string of the molecule is CCNC(=NCCCCn1ccnc1C)N1CCCC1.I. The van der Waals surface area contributed by atoms with Gasteiger partial charge in [0.1, 0.15) is 5.82 Å². The Labute approximate surface area is 145 Å². The van der Waals surface area contributed by atoms with E-state index in [1.54, 1.807) is 0 Å². The zero-order valence-electron chi connectivity index (χ0n) is 13.2. The maximum absolute atomic E-state index is 4.74. The highest BCUT2D eigenvalue weighted by atomic mass is 127. The second kappa shape index (κ2) is 10.0. The van der Waals surface area contributed by atoms with Gasteiger partial charge in [-0.25, -0.2) is 4.98 Å². The summed E-state index contributed by atoms with van der Waals surface area (Å²) in [4.78, 5) is 11.4. The number of aliphatic imine (C=N–C) groups is 1. The zero-order chi connectivity index (χ0) is 14.2. The molecule has 2 heterocycles. The number of rotatable bonds is 6. The van der Waals surface area contributed by atoms with E-state index in [0.29, 0.717) is 0 Å². The van der Waals surface area contributed by atoms with Crippen LogP contribution in [0.1, 0.15) is 38.4 Å². The molecule has 1 saturated heterocycles. The van der Waals surface area contributed by atoms with Crippen molar-refractivity contribution in [1.29, 1.82) is 0 Å². The third-order valence-electron chi connectivity index (χ3n) is 3.73. The first-order valence-electron chi connectivity index (χ1n) is 7.82. The van der Waals surface area contributed by atoms with E-state index < -0.39 is 0 Å². The maximum atomic E-state index is 4.74. The molecule has 1 N–H and O–H groups in total. The molecule has 1 aliphatic heterocycles. The Morgan fingerprint density at radius 3 is 2.71 bits per heavy atom. The van der Waals surface area contributed by atoms with Gasteiger partial charge in [-0.1, -0.05) is 0 Å². The fourth-order valence-corrected chi connectivity index (χ4v) is 2.57. The first-order chi connectivity index (χ1) is 9.81. The molecule has 1 fully saturated rings. The lowest BCUT2D eigenvalue weighted by atomic mass is 10.3. The Hall–Kier alpha value is -0.790. The van der Waals surface area contributed by atoms with Crippen LogP contribution in [-0.2, 0) is 6.54 Å². The van der Waals surface area contributed by atoms with Gasteiger partial charge in [0.2, 0.25) is 0 Å². The van der Waals surface area contributed by atoms with Gasteiger partial charge in [0.25, 0.3) is 0 Å². The summed E-state index contributed by atoms with van der Waals surface area (Å²) >= 11 is 0. The number of unbranched alkanes of at least 4 members (excludes halogenated alkanes) is 1.